The lowest BCUT2D eigenvalue weighted by Crippen LogP contribution is -2.21. The number of alkyl halides is 6. The largest absolute Gasteiger partial charge is 0.479 e. The number of halogens is 6. The van der Waals surface area contributed by atoms with E-state index in [-0.39, 0.29) is 12.7 Å². The highest BCUT2D eigenvalue weighted by atomic mass is 19.4. The van der Waals surface area contributed by atoms with E-state index in [2.05, 4.69) is 0 Å². The predicted octanol–water partition coefficient (Wildman–Crippen LogP) is 5.07. The Morgan fingerprint density at radius 1 is 0.962 bits per heavy atom. The molecular formula is C17H12F6O3. The Labute approximate surface area is 143 Å². The van der Waals surface area contributed by atoms with Crippen molar-refractivity contribution in [3.63, 3.8) is 0 Å². The van der Waals surface area contributed by atoms with E-state index >= 15 is 0 Å². The number of aliphatic carboxylic acids is 1. The van der Waals surface area contributed by atoms with E-state index in [0.717, 1.165) is 0 Å². The molecule has 2 aromatic rings. The molecule has 1 N–H and O–H groups in total. The minimum Gasteiger partial charge on any atom is -0.479 e. The Bertz CT molecular complexity index is 768. The van der Waals surface area contributed by atoms with Crippen LogP contribution in [0.25, 0.3) is 0 Å². The van der Waals surface area contributed by atoms with Gasteiger partial charge >= 0.3 is 18.3 Å². The van der Waals surface area contributed by atoms with Gasteiger partial charge in [-0.15, -0.1) is 0 Å². The van der Waals surface area contributed by atoms with Crippen LogP contribution in [-0.4, -0.2) is 11.1 Å². The quantitative estimate of drug-likeness (QED) is 0.740. The van der Waals surface area contributed by atoms with Crippen LogP contribution < -0.4 is 0 Å². The average Bonchev–Trinajstić information content (AvgIpc) is 2.54. The summed E-state index contributed by atoms with van der Waals surface area (Å²) in [7, 11) is 0. The summed E-state index contributed by atoms with van der Waals surface area (Å²) in [6, 6.07) is 8.81. The van der Waals surface area contributed by atoms with Crippen LogP contribution in [-0.2, 0) is 28.5 Å². The van der Waals surface area contributed by atoms with Crippen LogP contribution in [0.3, 0.4) is 0 Å². The summed E-state index contributed by atoms with van der Waals surface area (Å²) in [6.45, 7) is -0.323. The van der Waals surface area contributed by atoms with E-state index in [1.54, 1.807) is 30.3 Å². The van der Waals surface area contributed by atoms with Gasteiger partial charge in [0, 0.05) is 5.56 Å². The maximum Gasteiger partial charge on any atom is 0.416 e. The van der Waals surface area contributed by atoms with Crippen molar-refractivity contribution in [3.05, 3.63) is 70.8 Å². The number of carbonyl (C=O) groups is 1. The number of carboxylic acids is 1. The molecule has 9 heteroatoms. The lowest BCUT2D eigenvalue weighted by molar-refractivity contribution is -0.154. The molecule has 0 aliphatic carbocycles. The molecule has 26 heavy (non-hydrogen) atoms. The van der Waals surface area contributed by atoms with Crippen LogP contribution >= 0.6 is 0 Å². The second-order valence-corrected chi connectivity index (χ2v) is 5.31. The van der Waals surface area contributed by atoms with E-state index in [4.69, 9.17) is 4.74 Å². The number of ether oxygens (including phenoxy) is 1. The third kappa shape index (κ3) is 4.75. The molecule has 1 atom stereocenters. The molecule has 0 saturated carbocycles. The van der Waals surface area contributed by atoms with Gasteiger partial charge in [0.1, 0.15) is 0 Å². The zero-order valence-electron chi connectivity index (χ0n) is 12.9. The maximum absolute atomic E-state index is 13.2. The van der Waals surface area contributed by atoms with Crippen molar-refractivity contribution in [1.29, 1.82) is 0 Å². The highest BCUT2D eigenvalue weighted by Crippen LogP contribution is 2.40. The second kappa shape index (κ2) is 7.36. The predicted molar refractivity (Wildman–Crippen MR) is 78.1 cm³/mol. The Kier molecular flexibility index (Phi) is 5.60. The molecule has 3 nitrogen and oxygen atoms in total. The molecule has 2 aromatic carbocycles. The normalized spacial score (nSPS) is 13.5. The van der Waals surface area contributed by atoms with Gasteiger partial charge in [0.25, 0.3) is 0 Å². The Morgan fingerprint density at radius 3 is 2.08 bits per heavy atom. The molecule has 0 aliphatic rings. The minimum atomic E-state index is -5.18. The second-order valence-electron chi connectivity index (χ2n) is 5.31. The number of hydrogen-bond donors (Lipinski definition) is 1. The summed E-state index contributed by atoms with van der Waals surface area (Å²) < 4.78 is 82.7. The van der Waals surface area contributed by atoms with Crippen LogP contribution in [0.1, 0.15) is 28.4 Å². The number of carboxylic acid groups (broad SMARTS) is 1. The lowest BCUT2D eigenvalue weighted by Gasteiger charge is -2.20. The SMILES string of the molecule is O=C(O)C(OCc1ccccc1)c1ccc(C(F)(F)F)cc1C(F)(F)F. The standard InChI is InChI=1S/C17H12F6O3/c18-16(19,20)11-6-7-12(13(8-11)17(21,22)23)14(15(24)25)26-9-10-4-2-1-3-5-10/h1-8,14H,9H2,(H,24,25). The Balaban J connectivity index is 2.42. The van der Waals surface area contributed by atoms with Gasteiger partial charge in [-0.1, -0.05) is 36.4 Å². The molecule has 0 aromatic heterocycles. The smallest absolute Gasteiger partial charge is 0.416 e. The molecule has 140 valence electrons. The zero-order chi connectivity index (χ0) is 19.5. The zero-order valence-corrected chi connectivity index (χ0v) is 12.9. The molecular weight excluding hydrogens is 366 g/mol. The molecule has 0 fully saturated rings. The average molecular weight is 378 g/mol. The highest BCUT2D eigenvalue weighted by molar-refractivity contribution is 5.75. The van der Waals surface area contributed by atoms with Crippen LogP contribution in [0, 0.1) is 0 Å². The minimum absolute atomic E-state index is 0.114. The monoisotopic (exact) mass is 378 g/mol. The number of benzene rings is 2. The van der Waals surface area contributed by atoms with E-state index < -0.39 is 41.1 Å². The van der Waals surface area contributed by atoms with Crippen molar-refractivity contribution in [2.45, 2.75) is 25.1 Å². The lowest BCUT2D eigenvalue weighted by atomic mass is 9.98. The maximum atomic E-state index is 13.2. The molecule has 0 amide bonds. The van der Waals surface area contributed by atoms with E-state index in [1.807, 2.05) is 0 Å². The first kappa shape index (κ1) is 19.8. The van der Waals surface area contributed by atoms with E-state index in [0.29, 0.717) is 17.7 Å². The van der Waals surface area contributed by atoms with Crippen LogP contribution in [0.4, 0.5) is 26.3 Å². The summed E-state index contributed by atoms with van der Waals surface area (Å²) >= 11 is 0. The van der Waals surface area contributed by atoms with E-state index in [9.17, 15) is 36.2 Å². The molecule has 0 aliphatic heterocycles. The fourth-order valence-corrected chi connectivity index (χ4v) is 2.25. The summed E-state index contributed by atoms with van der Waals surface area (Å²) in [5.41, 5.74) is -3.62. The van der Waals surface area contributed by atoms with Crippen molar-refractivity contribution in [3.8, 4) is 0 Å². The van der Waals surface area contributed by atoms with Crippen molar-refractivity contribution in [2.75, 3.05) is 0 Å². The Hall–Kier alpha value is -2.55. The van der Waals surface area contributed by atoms with Gasteiger partial charge in [-0.3, -0.25) is 0 Å². The van der Waals surface area contributed by atoms with Gasteiger partial charge in [-0.2, -0.15) is 26.3 Å². The third-order valence-electron chi connectivity index (χ3n) is 3.45. The van der Waals surface area contributed by atoms with Gasteiger partial charge in [0.05, 0.1) is 17.7 Å². The molecule has 0 radical (unpaired) electrons. The fourth-order valence-electron chi connectivity index (χ4n) is 2.25. The van der Waals surface area contributed by atoms with Gasteiger partial charge < -0.3 is 9.84 Å². The van der Waals surface area contributed by atoms with Gasteiger partial charge in [0.15, 0.2) is 6.10 Å². The van der Waals surface area contributed by atoms with E-state index in [1.165, 1.54) is 0 Å². The first-order valence-corrected chi connectivity index (χ1v) is 7.17. The summed E-state index contributed by atoms with van der Waals surface area (Å²) in [5.74, 6) is -1.74. The number of hydrogen-bond acceptors (Lipinski definition) is 2. The molecule has 2 rings (SSSR count). The first-order valence-electron chi connectivity index (χ1n) is 7.17. The Morgan fingerprint density at radius 2 is 1.58 bits per heavy atom. The van der Waals surface area contributed by atoms with Crippen molar-refractivity contribution < 1.29 is 41.0 Å². The van der Waals surface area contributed by atoms with Crippen molar-refractivity contribution in [1.82, 2.24) is 0 Å². The fraction of sp³-hybridized carbons (Fsp3) is 0.235. The molecule has 0 saturated heterocycles. The van der Waals surface area contributed by atoms with Crippen LogP contribution in [0.2, 0.25) is 0 Å². The molecule has 0 heterocycles. The first-order chi connectivity index (χ1) is 12.0. The third-order valence-corrected chi connectivity index (χ3v) is 3.45. The van der Waals surface area contributed by atoms with Crippen LogP contribution in [0.15, 0.2) is 48.5 Å². The van der Waals surface area contributed by atoms with Gasteiger partial charge in [0.2, 0.25) is 0 Å². The van der Waals surface area contributed by atoms with Crippen molar-refractivity contribution >= 4 is 5.97 Å². The topological polar surface area (TPSA) is 46.5 Å². The molecule has 0 spiro atoms. The van der Waals surface area contributed by atoms with Gasteiger partial charge in [-0.05, 0) is 17.7 Å². The highest BCUT2D eigenvalue weighted by Gasteiger charge is 2.41. The van der Waals surface area contributed by atoms with Crippen molar-refractivity contribution in [2.24, 2.45) is 0 Å². The summed E-state index contributed by atoms with van der Waals surface area (Å²) in [4.78, 5) is 11.4. The summed E-state index contributed by atoms with van der Waals surface area (Å²) in [5, 5.41) is 9.21. The number of rotatable bonds is 5. The molecule has 0 bridgehead atoms. The summed E-state index contributed by atoms with van der Waals surface area (Å²) in [6.07, 6.45) is -12.3. The van der Waals surface area contributed by atoms with Crippen LogP contribution in [0.5, 0.6) is 0 Å². The molecule has 1 unspecified atom stereocenters. The van der Waals surface area contributed by atoms with Gasteiger partial charge in [-0.25, -0.2) is 4.79 Å².